The molecule has 4 rings (SSSR count). The van der Waals surface area contributed by atoms with Gasteiger partial charge in [-0.3, -0.25) is 9.79 Å². The molecule has 178 valence electrons. The van der Waals surface area contributed by atoms with Crippen molar-refractivity contribution in [3.63, 3.8) is 0 Å². The van der Waals surface area contributed by atoms with Gasteiger partial charge in [0.15, 0.2) is 0 Å². The Morgan fingerprint density at radius 1 is 1.12 bits per heavy atom. The van der Waals surface area contributed by atoms with Gasteiger partial charge in [0.2, 0.25) is 0 Å². The van der Waals surface area contributed by atoms with Crippen LogP contribution in [-0.4, -0.2) is 30.2 Å². The van der Waals surface area contributed by atoms with Crippen molar-refractivity contribution in [2.75, 3.05) is 6.61 Å². The zero-order chi connectivity index (χ0) is 23.6. The second kappa shape index (κ2) is 9.82. The summed E-state index contributed by atoms with van der Waals surface area (Å²) in [5.41, 5.74) is 2.84. The Kier molecular flexibility index (Phi) is 7.06. The van der Waals surface area contributed by atoms with Crippen LogP contribution in [0.25, 0.3) is 0 Å². The molecule has 1 aliphatic heterocycles. The van der Waals surface area contributed by atoms with Crippen molar-refractivity contribution in [3.8, 4) is 5.75 Å². The Bertz CT molecular complexity index is 968. The molecule has 3 aliphatic rings. The molecule has 2 aliphatic carbocycles. The maximum Gasteiger partial charge on any atom is 0.336 e. The average molecular weight is 452 g/mol. The molecule has 1 aromatic carbocycles. The van der Waals surface area contributed by atoms with Crippen LogP contribution in [0.2, 0.25) is 0 Å². The van der Waals surface area contributed by atoms with E-state index in [1.807, 2.05) is 31.2 Å². The largest absolute Gasteiger partial charge is 0.493 e. The van der Waals surface area contributed by atoms with E-state index < -0.39 is 11.8 Å². The van der Waals surface area contributed by atoms with E-state index in [1.54, 1.807) is 0 Å². The number of Topliss-reactive ketones (excluding diaryl/α,β-unsaturated/α-hetero) is 1. The van der Waals surface area contributed by atoms with Crippen LogP contribution in [0.15, 0.2) is 40.5 Å². The van der Waals surface area contributed by atoms with Gasteiger partial charge in [-0.05, 0) is 56.9 Å². The summed E-state index contributed by atoms with van der Waals surface area (Å²) in [4.78, 5) is 31.9. The van der Waals surface area contributed by atoms with Gasteiger partial charge in [0.25, 0.3) is 0 Å². The number of fused-ring (bicyclic) bond motifs is 1. The Morgan fingerprint density at radius 2 is 1.85 bits per heavy atom. The lowest BCUT2D eigenvalue weighted by Gasteiger charge is -2.41. The lowest BCUT2D eigenvalue weighted by molar-refractivity contribution is -0.144. The first kappa shape index (κ1) is 23.7. The minimum Gasteiger partial charge on any atom is -0.493 e. The summed E-state index contributed by atoms with van der Waals surface area (Å²) in [5.74, 6) is -0.296. The lowest BCUT2D eigenvalue weighted by Crippen LogP contribution is -2.44. The highest BCUT2D eigenvalue weighted by Crippen LogP contribution is 2.49. The maximum atomic E-state index is 13.5. The SMILES string of the molecule is CCCCOc1ccccc1[C@@H]1C(C(=O)OC2CCCC2)=C(C)N=C2CC(C)(C)CC(=O)C21. The van der Waals surface area contributed by atoms with Crippen molar-refractivity contribution < 1.29 is 19.1 Å². The van der Waals surface area contributed by atoms with Crippen molar-refractivity contribution in [1.82, 2.24) is 0 Å². The Hall–Kier alpha value is -2.43. The highest BCUT2D eigenvalue weighted by atomic mass is 16.5. The minimum absolute atomic E-state index is 0.0409. The number of carbonyl (C=O) groups is 2. The second-order valence-corrected chi connectivity index (χ2v) is 10.6. The molecule has 2 fully saturated rings. The average Bonchev–Trinajstić information content (AvgIpc) is 3.25. The molecular formula is C28H37NO4. The summed E-state index contributed by atoms with van der Waals surface area (Å²) in [7, 11) is 0. The van der Waals surface area contributed by atoms with Crippen LogP contribution in [0.1, 0.15) is 90.5 Å². The Balaban J connectivity index is 1.78. The molecule has 2 atom stereocenters. The number of ketones is 1. The van der Waals surface area contributed by atoms with Crippen LogP contribution in [-0.2, 0) is 14.3 Å². The summed E-state index contributed by atoms with van der Waals surface area (Å²) in [5, 5.41) is 0. The fourth-order valence-corrected chi connectivity index (χ4v) is 5.61. The molecule has 33 heavy (non-hydrogen) atoms. The third kappa shape index (κ3) is 5.07. The first-order valence-electron chi connectivity index (χ1n) is 12.5. The number of rotatable bonds is 7. The Morgan fingerprint density at radius 3 is 2.58 bits per heavy atom. The number of carbonyl (C=O) groups excluding carboxylic acids is 2. The first-order valence-corrected chi connectivity index (χ1v) is 12.5. The highest BCUT2D eigenvalue weighted by Gasteiger charge is 2.48. The molecule has 2 saturated carbocycles. The van der Waals surface area contributed by atoms with Gasteiger partial charge in [-0.25, -0.2) is 4.79 Å². The van der Waals surface area contributed by atoms with Crippen molar-refractivity contribution in [1.29, 1.82) is 0 Å². The number of nitrogens with zero attached hydrogens (tertiary/aromatic N) is 1. The van der Waals surface area contributed by atoms with Gasteiger partial charge in [-0.2, -0.15) is 0 Å². The molecule has 0 aromatic heterocycles. The van der Waals surface area contributed by atoms with Gasteiger partial charge in [0, 0.05) is 29.3 Å². The molecule has 0 radical (unpaired) electrons. The van der Waals surface area contributed by atoms with Gasteiger partial charge in [-0.15, -0.1) is 0 Å². The summed E-state index contributed by atoms with van der Waals surface area (Å²) in [6, 6.07) is 7.85. The van der Waals surface area contributed by atoms with E-state index in [9.17, 15) is 9.59 Å². The van der Waals surface area contributed by atoms with Gasteiger partial charge >= 0.3 is 5.97 Å². The lowest BCUT2D eigenvalue weighted by atomic mass is 9.63. The summed E-state index contributed by atoms with van der Waals surface area (Å²) in [6.07, 6.45) is 7.18. The zero-order valence-corrected chi connectivity index (χ0v) is 20.5. The van der Waals surface area contributed by atoms with Gasteiger partial charge in [0.1, 0.15) is 17.6 Å². The van der Waals surface area contributed by atoms with Crippen LogP contribution in [0, 0.1) is 11.3 Å². The highest BCUT2D eigenvalue weighted by molar-refractivity contribution is 6.12. The van der Waals surface area contributed by atoms with E-state index in [4.69, 9.17) is 14.5 Å². The number of benzene rings is 1. The number of hydrogen-bond donors (Lipinski definition) is 0. The number of esters is 1. The second-order valence-electron chi connectivity index (χ2n) is 10.6. The third-order valence-corrected chi connectivity index (χ3v) is 7.17. The molecule has 5 nitrogen and oxygen atoms in total. The fraction of sp³-hybridized carbons (Fsp3) is 0.607. The summed E-state index contributed by atoms with van der Waals surface area (Å²) < 4.78 is 12.1. The summed E-state index contributed by atoms with van der Waals surface area (Å²) >= 11 is 0. The molecule has 0 amide bonds. The van der Waals surface area contributed by atoms with Crippen molar-refractivity contribution in [2.24, 2.45) is 16.3 Å². The smallest absolute Gasteiger partial charge is 0.336 e. The standard InChI is InChI=1S/C28H37NO4/c1-5-6-15-32-23-14-10-9-13-20(23)25-24(27(31)33-19-11-7-8-12-19)18(2)29-21-16-28(3,4)17-22(30)26(21)25/h9-10,13-14,19,25-26H,5-8,11-12,15-17H2,1-4H3/t25-,26?/m1/s1. The number of ether oxygens (including phenoxy) is 2. The molecule has 0 saturated heterocycles. The fourth-order valence-electron chi connectivity index (χ4n) is 5.61. The van der Waals surface area contributed by atoms with Crippen LogP contribution in [0.3, 0.4) is 0 Å². The van der Waals surface area contributed by atoms with E-state index in [-0.39, 0.29) is 23.3 Å². The number of para-hydroxylation sites is 1. The van der Waals surface area contributed by atoms with E-state index in [1.165, 1.54) is 0 Å². The predicted octanol–water partition coefficient (Wildman–Crippen LogP) is 6.17. The first-order chi connectivity index (χ1) is 15.8. The topological polar surface area (TPSA) is 65.0 Å². The molecule has 5 heteroatoms. The normalized spacial score (nSPS) is 25.0. The van der Waals surface area contributed by atoms with Gasteiger partial charge in [0.05, 0.1) is 18.1 Å². The van der Waals surface area contributed by atoms with Gasteiger partial charge < -0.3 is 9.47 Å². The molecule has 0 spiro atoms. The maximum absolute atomic E-state index is 13.5. The van der Waals surface area contributed by atoms with E-state index in [0.29, 0.717) is 24.3 Å². The van der Waals surface area contributed by atoms with Gasteiger partial charge in [-0.1, -0.05) is 45.4 Å². The van der Waals surface area contributed by atoms with Crippen molar-refractivity contribution in [3.05, 3.63) is 41.1 Å². The third-order valence-electron chi connectivity index (χ3n) is 7.17. The monoisotopic (exact) mass is 451 g/mol. The number of hydrogen-bond acceptors (Lipinski definition) is 5. The summed E-state index contributed by atoms with van der Waals surface area (Å²) in [6.45, 7) is 8.85. The molecule has 0 N–H and O–H groups in total. The molecule has 0 bridgehead atoms. The van der Waals surface area contributed by atoms with Crippen LogP contribution >= 0.6 is 0 Å². The van der Waals surface area contributed by atoms with Crippen molar-refractivity contribution in [2.45, 2.75) is 91.1 Å². The molecule has 1 aromatic rings. The van der Waals surface area contributed by atoms with Crippen LogP contribution in [0.5, 0.6) is 5.75 Å². The number of allylic oxidation sites excluding steroid dienone is 1. The van der Waals surface area contributed by atoms with E-state index in [2.05, 4.69) is 20.8 Å². The quantitative estimate of drug-likeness (QED) is 0.367. The van der Waals surface area contributed by atoms with Crippen molar-refractivity contribution >= 4 is 17.5 Å². The van der Waals surface area contributed by atoms with E-state index >= 15 is 0 Å². The number of aliphatic imine (C=N–C) groups is 1. The predicted molar refractivity (Wildman–Crippen MR) is 130 cm³/mol. The van der Waals surface area contributed by atoms with Crippen LogP contribution < -0.4 is 4.74 Å². The van der Waals surface area contributed by atoms with E-state index in [0.717, 1.165) is 62.0 Å². The molecular weight excluding hydrogens is 414 g/mol. The number of unbranched alkanes of at least 4 members (excludes halogenated alkanes) is 1. The molecule has 1 unspecified atom stereocenters. The minimum atomic E-state index is -0.441. The Labute approximate surface area is 197 Å². The van der Waals surface area contributed by atoms with Crippen LogP contribution in [0.4, 0.5) is 0 Å². The zero-order valence-electron chi connectivity index (χ0n) is 20.5. The molecule has 1 heterocycles.